The maximum Gasteiger partial charge on any atom is 0.265 e. The minimum atomic E-state index is -3.63. The number of benzene rings is 1. The predicted octanol–water partition coefficient (Wildman–Crippen LogP) is 3.01. The molecule has 0 atom stereocenters. The predicted molar refractivity (Wildman–Crippen MR) is 111 cm³/mol. The number of hydrogen-bond donors (Lipinski definition) is 0. The third-order valence-corrected chi connectivity index (χ3v) is 8.49. The van der Waals surface area contributed by atoms with Gasteiger partial charge in [-0.2, -0.15) is 4.31 Å². The van der Waals surface area contributed by atoms with Gasteiger partial charge in [-0.15, -0.1) is 11.3 Å². The van der Waals surface area contributed by atoms with Crippen LogP contribution in [-0.2, 0) is 16.6 Å². The van der Waals surface area contributed by atoms with Gasteiger partial charge in [-0.05, 0) is 35.9 Å². The maximum atomic E-state index is 13.3. The Hall–Kier alpha value is -1.90. The highest BCUT2D eigenvalue weighted by Gasteiger charge is 2.33. The molecule has 6 nitrogen and oxygen atoms in total. The number of nitrogens with zero attached hydrogens (tertiary/aromatic N) is 3. The zero-order valence-electron chi connectivity index (χ0n) is 16.0. The number of para-hydroxylation sites is 1. The third kappa shape index (κ3) is 3.56. The lowest BCUT2D eigenvalue weighted by molar-refractivity contribution is 0.0753. The zero-order valence-corrected chi connectivity index (χ0v) is 17.6. The molecule has 2 aliphatic rings. The van der Waals surface area contributed by atoms with Gasteiger partial charge < -0.3 is 9.80 Å². The Balaban J connectivity index is 1.62. The van der Waals surface area contributed by atoms with Crippen molar-refractivity contribution in [3.63, 3.8) is 0 Å². The Labute approximate surface area is 170 Å². The summed E-state index contributed by atoms with van der Waals surface area (Å²) in [5.41, 5.74) is 2.19. The second-order valence-electron chi connectivity index (χ2n) is 7.36. The molecule has 2 aliphatic heterocycles. The molecule has 0 N–H and O–H groups in total. The van der Waals surface area contributed by atoms with E-state index in [-0.39, 0.29) is 10.8 Å². The molecule has 150 valence electrons. The molecule has 28 heavy (non-hydrogen) atoms. The van der Waals surface area contributed by atoms with Gasteiger partial charge in [0.1, 0.15) is 9.77 Å². The van der Waals surface area contributed by atoms with Crippen molar-refractivity contribution in [2.45, 2.75) is 30.7 Å². The number of carbonyl (C=O) groups is 1. The second kappa shape index (κ2) is 7.85. The van der Waals surface area contributed by atoms with Crippen LogP contribution in [0, 0.1) is 0 Å². The number of carbonyl (C=O) groups excluding carboxylic acids is 1. The van der Waals surface area contributed by atoms with E-state index in [4.69, 9.17) is 0 Å². The van der Waals surface area contributed by atoms with Crippen LogP contribution in [0.1, 0.15) is 34.5 Å². The van der Waals surface area contributed by atoms with Crippen molar-refractivity contribution in [2.24, 2.45) is 0 Å². The van der Waals surface area contributed by atoms with Crippen molar-refractivity contribution in [3.8, 4) is 0 Å². The Morgan fingerprint density at radius 3 is 2.54 bits per heavy atom. The third-order valence-electron chi connectivity index (χ3n) is 5.51. The number of piperidine rings is 1. The van der Waals surface area contributed by atoms with Gasteiger partial charge in [0.2, 0.25) is 10.0 Å². The Morgan fingerprint density at radius 1 is 1.00 bits per heavy atom. The summed E-state index contributed by atoms with van der Waals surface area (Å²) in [6, 6.07) is 9.63. The minimum Gasteiger partial charge on any atom is -0.373 e. The molecule has 1 amide bonds. The molecule has 3 heterocycles. The summed E-state index contributed by atoms with van der Waals surface area (Å²) in [4.78, 5) is 17.7. The van der Waals surface area contributed by atoms with Gasteiger partial charge in [0.25, 0.3) is 5.91 Å². The number of amides is 1. The highest BCUT2D eigenvalue weighted by atomic mass is 32.2. The van der Waals surface area contributed by atoms with E-state index < -0.39 is 10.0 Å². The van der Waals surface area contributed by atoms with Crippen LogP contribution in [0.2, 0.25) is 0 Å². The van der Waals surface area contributed by atoms with Gasteiger partial charge in [-0.3, -0.25) is 4.79 Å². The standard InChI is InChI=1S/C20H25N3O3S2/c1-21-12-13-22(15-16-7-3-4-8-17(16)21)20(24)19-18(9-14-27-19)28(25,26)23-10-5-2-6-11-23/h3-4,7-9,14H,2,5-6,10-13,15H2,1H3. The average molecular weight is 420 g/mol. The van der Waals surface area contributed by atoms with Gasteiger partial charge in [-0.25, -0.2) is 8.42 Å². The van der Waals surface area contributed by atoms with Crippen LogP contribution >= 0.6 is 11.3 Å². The molecule has 1 fully saturated rings. The summed E-state index contributed by atoms with van der Waals surface area (Å²) in [5, 5.41) is 1.71. The zero-order chi connectivity index (χ0) is 19.7. The van der Waals surface area contributed by atoms with Gasteiger partial charge in [-0.1, -0.05) is 24.6 Å². The van der Waals surface area contributed by atoms with E-state index in [0.717, 1.165) is 30.5 Å². The fourth-order valence-electron chi connectivity index (χ4n) is 3.91. The molecule has 0 radical (unpaired) electrons. The topological polar surface area (TPSA) is 60.9 Å². The van der Waals surface area contributed by atoms with Crippen LogP contribution in [0.4, 0.5) is 5.69 Å². The minimum absolute atomic E-state index is 0.162. The van der Waals surface area contributed by atoms with Crippen molar-refractivity contribution in [3.05, 3.63) is 46.2 Å². The molecule has 8 heteroatoms. The van der Waals surface area contributed by atoms with Crippen molar-refractivity contribution < 1.29 is 13.2 Å². The molecule has 1 saturated heterocycles. The monoisotopic (exact) mass is 419 g/mol. The highest BCUT2D eigenvalue weighted by Crippen LogP contribution is 2.30. The molecule has 1 aromatic heterocycles. The number of sulfonamides is 1. The van der Waals surface area contributed by atoms with E-state index in [1.54, 1.807) is 16.3 Å². The largest absolute Gasteiger partial charge is 0.373 e. The van der Waals surface area contributed by atoms with Crippen LogP contribution in [0.15, 0.2) is 40.6 Å². The molecule has 0 bridgehead atoms. The molecule has 0 spiro atoms. The van der Waals surface area contributed by atoms with E-state index in [2.05, 4.69) is 11.0 Å². The summed E-state index contributed by atoms with van der Waals surface area (Å²) in [5.74, 6) is -0.198. The average Bonchev–Trinajstić information content (AvgIpc) is 3.15. The number of fused-ring (bicyclic) bond motifs is 1. The lowest BCUT2D eigenvalue weighted by Gasteiger charge is -2.26. The van der Waals surface area contributed by atoms with E-state index >= 15 is 0 Å². The first kappa shape index (κ1) is 19.4. The second-order valence-corrected chi connectivity index (χ2v) is 10.2. The first-order valence-corrected chi connectivity index (χ1v) is 12.0. The summed E-state index contributed by atoms with van der Waals surface area (Å²) in [6.45, 7) is 2.83. The van der Waals surface area contributed by atoms with Gasteiger partial charge in [0, 0.05) is 45.5 Å². The SMILES string of the molecule is CN1CCN(C(=O)c2sccc2S(=O)(=O)N2CCCCC2)Cc2ccccc21. The Kier molecular flexibility index (Phi) is 5.44. The van der Waals surface area contributed by atoms with Gasteiger partial charge in [0.05, 0.1) is 0 Å². The summed E-state index contributed by atoms with van der Waals surface area (Å²) in [6.07, 6.45) is 2.81. The highest BCUT2D eigenvalue weighted by molar-refractivity contribution is 7.89. The van der Waals surface area contributed by atoms with Crippen LogP contribution < -0.4 is 4.90 Å². The quantitative estimate of drug-likeness (QED) is 0.767. The fourth-order valence-corrected chi connectivity index (χ4v) is 6.79. The van der Waals surface area contributed by atoms with Crippen LogP contribution in [0.3, 0.4) is 0 Å². The molecule has 0 aliphatic carbocycles. The molecule has 4 rings (SSSR count). The van der Waals surface area contributed by atoms with E-state index in [1.165, 1.54) is 15.6 Å². The molecule has 0 saturated carbocycles. The number of rotatable bonds is 3. The Morgan fingerprint density at radius 2 is 1.75 bits per heavy atom. The lowest BCUT2D eigenvalue weighted by Crippen LogP contribution is -2.38. The number of thiophene rings is 1. The maximum absolute atomic E-state index is 13.3. The molecule has 1 aromatic carbocycles. The smallest absolute Gasteiger partial charge is 0.265 e. The summed E-state index contributed by atoms with van der Waals surface area (Å²) >= 11 is 1.22. The number of hydrogen-bond acceptors (Lipinski definition) is 5. The first-order chi connectivity index (χ1) is 13.5. The van der Waals surface area contributed by atoms with Gasteiger partial charge >= 0.3 is 0 Å². The first-order valence-electron chi connectivity index (χ1n) is 9.64. The lowest BCUT2D eigenvalue weighted by atomic mass is 10.1. The van der Waals surface area contributed by atoms with Crippen LogP contribution in [-0.4, -0.2) is 56.8 Å². The molecule has 2 aromatic rings. The van der Waals surface area contributed by atoms with E-state index in [1.807, 2.05) is 25.2 Å². The van der Waals surface area contributed by atoms with Crippen LogP contribution in [0.25, 0.3) is 0 Å². The van der Waals surface area contributed by atoms with E-state index in [0.29, 0.717) is 37.6 Å². The summed E-state index contributed by atoms with van der Waals surface area (Å²) in [7, 11) is -1.61. The van der Waals surface area contributed by atoms with Crippen molar-refractivity contribution in [1.29, 1.82) is 0 Å². The van der Waals surface area contributed by atoms with Crippen molar-refractivity contribution in [1.82, 2.24) is 9.21 Å². The molecule has 0 unspecified atom stereocenters. The fraction of sp³-hybridized carbons (Fsp3) is 0.450. The molecular weight excluding hydrogens is 394 g/mol. The van der Waals surface area contributed by atoms with Crippen molar-refractivity contribution in [2.75, 3.05) is 38.1 Å². The van der Waals surface area contributed by atoms with Crippen molar-refractivity contribution >= 4 is 33.0 Å². The van der Waals surface area contributed by atoms with Crippen LogP contribution in [0.5, 0.6) is 0 Å². The van der Waals surface area contributed by atoms with E-state index in [9.17, 15) is 13.2 Å². The summed E-state index contributed by atoms with van der Waals surface area (Å²) < 4.78 is 27.8. The Bertz CT molecular complexity index is 965. The normalized spacial score (nSPS) is 18.6. The van der Waals surface area contributed by atoms with Gasteiger partial charge in [0.15, 0.2) is 0 Å². The number of likely N-dealkylation sites (N-methyl/N-ethyl adjacent to an activating group) is 1. The molecular formula is C20H25N3O3S2. The number of anilines is 1.